The quantitative estimate of drug-likeness (QED) is 0.506. The number of hydrogen-bond donors (Lipinski definition) is 2. The third-order valence-electron chi connectivity index (χ3n) is 6.64. The number of nitrogens with one attached hydrogen (secondary N) is 2. The van der Waals surface area contributed by atoms with Crippen molar-refractivity contribution < 1.29 is 23.9 Å². The number of fused-ring (bicyclic) bond motifs is 1. The molecule has 10 nitrogen and oxygen atoms in total. The van der Waals surface area contributed by atoms with Crippen LogP contribution in [0.25, 0.3) is 5.65 Å². The molecule has 0 bridgehead atoms. The molecule has 5 rings (SSSR count). The van der Waals surface area contributed by atoms with Gasteiger partial charge in [0, 0.05) is 24.1 Å². The van der Waals surface area contributed by atoms with Gasteiger partial charge in [-0.05, 0) is 44.0 Å². The highest BCUT2D eigenvalue weighted by molar-refractivity contribution is 6.11. The van der Waals surface area contributed by atoms with Crippen molar-refractivity contribution in [3.05, 3.63) is 54.5 Å². The Balaban J connectivity index is 1.28. The monoisotopic (exact) mass is 477 g/mol. The normalized spacial score (nSPS) is 17.6. The van der Waals surface area contributed by atoms with Crippen LogP contribution in [0.5, 0.6) is 11.5 Å². The number of benzene rings is 1. The molecular formula is C25H27N5O5. The molecule has 3 aromatic rings. The summed E-state index contributed by atoms with van der Waals surface area (Å²) in [6.07, 6.45) is 6.75. The Kier molecular flexibility index (Phi) is 5.80. The lowest BCUT2D eigenvalue weighted by molar-refractivity contribution is -0.136. The minimum Gasteiger partial charge on any atom is -0.493 e. The molecule has 1 aliphatic heterocycles. The lowest BCUT2D eigenvalue weighted by atomic mass is 9.97. The van der Waals surface area contributed by atoms with Crippen molar-refractivity contribution in [1.82, 2.24) is 19.6 Å². The molecule has 3 heterocycles. The number of nitrogens with zero attached hydrogens (tertiary/aromatic N) is 3. The molecular weight excluding hydrogens is 450 g/mol. The first-order chi connectivity index (χ1) is 16.9. The number of carbonyl (C=O) groups excluding carboxylic acids is 3. The number of amides is 4. The van der Waals surface area contributed by atoms with Crippen molar-refractivity contribution in [3.63, 3.8) is 0 Å². The van der Waals surface area contributed by atoms with Crippen molar-refractivity contribution in [3.8, 4) is 11.5 Å². The summed E-state index contributed by atoms with van der Waals surface area (Å²) < 4.78 is 13.2. The number of aromatic nitrogens is 2. The number of pyridine rings is 1. The highest BCUT2D eigenvalue weighted by atomic mass is 16.5. The largest absolute Gasteiger partial charge is 0.493 e. The fourth-order valence-electron chi connectivity index (χ4n) is 4.75. The van der Waals surface area contributed by atoms with Crippen LogP contribution >= 0.6 is 0 Å². The van der Waals surface area contributed by atoms with Crippen LogP contribution in [0, 0.1) is 0 Å². The van der Waals surface area contributed by atoms with Crippen molar-refractivity contribution in [1.29, 1.82) is 0 Å². The van der Waals surface area contributed by atoms with Gasteiger partial charge in [-0.25, -0.2) is 14.7 Å². The lowest BCUT2D eigenvalue weighted by Crippen LogP contribution is -2.48. The predicted octanol–water partition coefficient (Wildman–Crippen LogP) is 3.11. The highest BCUT2D eigenvalue weighted by Gasteiger charge is 2.54. The van der Waals surface area contributed by atoms with E-state index in [0.29, 0.717) is 30.0 Å². The molecule has 182 valence electrons. The molecule has 2 aliphatic rings. The maximum Gasteiger partial charge on any atom is 0.325 e. The Hall–Kier alpha value is -4.08. The average Bonchev–Trinajstić information content (AvgIpc) is 3.55. The first-order valence-electron chi connectivity index (χ1n) is 11.6. The van der Waals surface area contributed by atoms with E-state index in [1.807, 2.05) is 35.0 Å². The zero-order valence-electron chi connectivity index (χ0n) is 19.6. The summed E-state index contributed by atoms with van der Waals surface area (Å²) in [4.78, 5) is 44.0. The van der Waals surface area contributed by atoms with Gasteiger partial charge < -0.3 is 24.5 Å². The van der Waals surface area contributed by atoms with Crippen LogP contribution in [0.3, 0.4) is 0 Å². The maximum atomic E-state index is 13.0. The number of imide groups is 1. The van der Waals surface area contributed by atoms with Gasteiger partial charge in [-0.3, -0.25) is 9.59 Å². The zero-order chi connectivity index (χ0) is 24.6. The number of urea groups is 1. The fraction of sp³-hybridized carbons (Fsp3) is 0.360. The van der Waals surface area contributed by atoms with Crippen molar-refractivity contribution in [2.75, 3.05) is 12.4 Å². The van der Waals surface area contributed by atoms with Gasteiger partial charge in [-0.1, -0.05) is 18.9 Å². The molecule has 1 saturated carbocycles. The molecule has 2 aromatic heterocycles. The molecule has 1 spiro atoms. The zero-order valence-corrected chi connectivity index (χ0v) is 19.6. The van der Waals surface area contributed by atoms with Gasteiger partial charge in [0.15, 0.2) is 11.5 Å². The Morgan fingerprint density at radius 2 is 2.00 bits per heavy atom. The van der Waals surface area contributed by atoms with E-state index in [0.717, 1.165) is 29.1 Å². The van der Waals surface area contributed by atoms with Crippen LogP contribution < -0.4 is 20.1 Å². The molecule has 10 heteroatoms. The van der Waals surface area contributed by atoms with Crippen LogP contribution in [0.4, 0.5) is 10.5 Å². The molecule has 1 atom stereocenters. The summed E-state index contributed by atoms with van der Waals surface area (Å²) in [5, 5.41) is 5.59. The van der Waals surface area contributed by atoms with E-state index in [2.05, 4.69) is 15.6 Å². The van der Waals surface area contributed by atoms with Gasteiger partial charge in [-0.2, -0.15) is 0 Å². The average molecular weight is 478 g/mol. The third kappa shape index (κ3) is 4.16. The first-order valence-corrected chi connectivity index (χ1v) is 11.6. The highest BCUT2D eigenvalue weighted by Crippen LogP contribution is 2.36. The van der Waals surface area contributed by atoms with Crippen LogP contribution in [-0.2, 0) is 16.2 Å². The Labute approximate surface area is 202 Å². The molecule has 1 aromatic carbocycles. The Bertz CT molecular complexity index is 1260. The molecule has 1 unspecified atom stereocenters. The van der Waals surface area contributed by atoms with Gasteiger partial charge in [0.25, 0.3) is 5.91 Å². The summed E-state index contributed by atoms with van der Waals surface area (Å²) >= 11 is 0. The topological polar surface area (TPSA) is 114 Å². The van der Waals surface area contributed by atoms with E-state index in [-0.39, 0.29) is 12.5 Å². The summed E-state index contributed by atoms with van der Waals surface area (Å²) in [7, 11) is 1.53. The summed E-state index contributed by atoms with van der Waals surface area (Å²) in [5.74, 6) is 0.126. The number of ether oxygens (including phenoxy) is 2. The van der Waals surface area contributed by atoms with Gasteiger partial charge >= 0.3 is 6.03 Å². The SMILES string of the molecule is COc1ccc(NC(=O)C(C)N2C(=O)NC3(CCCC3)C2=O)cc1OCc1cn2ccccc2n1. The van der Waals surface area contributed by atoms with E-state index >= 15 is 0 Å². The number of carbonyl (C=O) groups is 3. The molecule has 35 heavy (non-hydrogen) atoms. The summed E-state index contributed by atoms with van der Waals surface area (Å²) in [5.41, 5.74) is 1.15. The Morgan fingerprint density at radius 3 is 2.74 bits per heavy atom. The van der Waals surface area contributed by atoms with Crippen LogP contribution in [0.15, 0.2) is 48.8 Å². The van der Waals surface area contributed by atoms with E-state index in [1.54, 1.807) is 25.1 Å². The first kappa shape index (κ1) is 22.7. The number of rotatable bonds is 7. The summed E-state index contributed by atoms with van der Waals surface area (Å²) in [6.45, 7) is 1.75. The number of anilines is 1. The standard InChI is InChI=1S/C25H27N5O5/c1-16(30-23(32)25(28-24(30)33)10-4-5-11-25)22(31)27-17-8-9-19(34-2)20(13-17)35-15-18-14-29-12-6-3-7-21(29)26-18/h3,6-9,12-14,16H,4-5,10-11,15H2,1-2H3,(H,27,31)(H,28,33). The van der Waals surface area contributed by atoms with Gasteiger partial charge in [-0.15, -0.1) is 0 Å². The van der Waals surface area contributed by atoms with Crippen LogP contribution in [0.1, 0.15) is 38.3 Å². The maximum absolute atomic E-state index is 13.0. The third-order valence-corrected chi connectivity index (χ3v) is 6.64. The second-order valence-corrected chi connectivity index (χ2v) is 8.91. The van der Waals surface area contributed by atoms with E-state index < -0.39 is 23.5 Å². The molecule has 2 fully saturated rings. The molecule has 1 aliphatic carbocycles. The Morgan fingerprint density at radius 1 is 1.20 bits per heavy atom. The second kappa shape index (κ2) is 8.94. The van der Waals surface area contributed by atoms with Crippen molar-refractivity contribution >= 4 is 29.2 Å². The number of methoxy groups -OCH3 is 1. The predicted molar refractivity (Wildman–Crippen MR) is 127 cm³/mol. The minimum absolute atomic E-state index is 0.205. The van der Waals surface area contributed by atoms with E-state index in [9.17, 15) is 14.4 Å². The van der Waals surface area contributed by atoms with Gasteiger partial charge in [0.2, 0.25) is 5.91 Å². The second-order valence-electron chi connectivity index (χ2n) is 8.91. The molecule has 1 saturated heterocycles. The smallest absolute Gasteiger partial charge is 0.325 e. The minimum atomic E-state index is -0.966. The number of hydrogen-bond acceptors (Lipinski definition) is 6. The molecule has 0 radical (unpaired) electrons. The molecule has 4 amide bonds. The molecule has 2 N–H and O–H groups in total. The van der Waals surface area contributed by atoms with Crippen molar-refractivity contribution in [2.45, 2.75) is 50.8 Å². The lowest BCUT2D eigenvalue weighted by Gasteiger charge is -2.23. The van der Waals surface area contributed by atoms with Gasteiger partial charge in [0.1, 0.15) is 23.8 Å². The number of imidazole rings is 1. The fourth-order valence-corrected chi connectivity index (χ4v) is 4.75. The van der Waals surface area contributed by atoms with E-state index in [4.69, 9.17) is 9.47 Å². The van der Waals surface area contributed by atoms with Crippen LogP contribution in [0.2, 0.25) is 0 Å². The van der Waals surface area contributed by atoms with Gasteiger partial charge in [0.05, 0.1) is 12.8 Å². The van der Waals surface area contributed by atoms with Crippen molar-refractivity contribution in [2.24, 2.45) is 0 Å². The summed E-state index contributed by atoms with van der Waals surface area (Å²) in [6, 6.07) is 9.24. The van der Waals surface area contributed by atoms with E-state index in [1.165, 1.54) is 7.11 Å². The van der Waals surface area contributed by atoms with Crippen LogP contribution in [-0.4, -0.2) is 50.8 Å².